The van der Waals surface area contributed by atoms with Crippen LogP contribution in [0.4, 0.5) is 11.6 Å². The van der Waals surface area contributed by atoms with E-state index in [9.17, 15) is 14.7 Å². The Bertz CT molecular complexity index is 1320. The molecule has 0 spiro atoms. The highest BCUT2D eigenvalue weighted by atomic mass is 16.4. The van der Waals surface area contributed by atoms with E-state index in [0.717, 1.165) is 37.1 Å². The Morgan fingerprint density at radius 3 is 2.47 bits per heavy atom. The third kappa shape index (κ3) is 4.49. The van der Waals surface area contributed by atoms with Gasteiger partial charge in [-0.1, -0.05) is 19.9 Å². The number of anilines is 2. The quantitative estimate of drug-likeness (QED) is 0.577. The Morgan fingerprint density at radius 2 is 1.82 bits per heavy atom. The number of fused-ring (bicyclic) bond motifs is 1. The zero-order valence-electron chi connectivity index (χ0n) is 20.8. The molecule has 1 aliphatic rings. The van der Waals surface area contributed by atoms with Gasteiger partial charge in [-0.3, -0.25) is 9.36 Å². The summed E-state index contributed by atoms with van der Waals surface area (Å²) in [4.78, 5) is 36.5. The van der Waals surface area contributed by atoms with Crippen molar-refractivity contribution in [3.8, 4) is 0 Å². The van der Waals surface area contributed by atoms with Crippen LogP contribution in [-0.2, 0) is 7.05 Å². The summed E-state index contributed by atoms with van der Waals surface area (Å²) >= 11 is 0. The van der Waals surface area contributed by atoms with E-state index in [2.05, 4.69) is 29.0 Å². The van der Waals surface area contributed by atoms with Gasteiger partial charge in [-0.25, -0.2) is 14.8 Å². The fourth-order valence-corrected chi connectivity index (χ4v) is 4.61. The molecule has 0 radical (unpaired) electrons. The molecule has 0 saturated carbocycles. The van der Waals surface area contributed by atoms with E-state index in [0.29, 0.717) is 28.2 Å². The summed E-state index contributed by atoms with van der Waals surface area (Å²) in [5, 5.41) is 13.5. The number of nitrogens with zero attached hydrogens (tertiary/aromatic N) is 4. The zero-order valence-corrected chi connectivity index (χ0v) is 20.8. The number of benzene rings is 1. The van der Waals surface area contributed by atoms with E-state index >= 15 is 0 Å². The Labute approximate surface area is 199 Å². The second-order valence-electron chi connectivity index (χ2n) is 10.2. The number of hydrogen-bond donors (Lipinski definition) is 2. The van der Waals surface area contributed by atoms with Gasteiger partial charge in [-0.15, -0.1) is 0 Å². The highest BCUT2D eigenvalue weighted by Crippen LogP contribution is 2.33. The van der Waals surface area contributed by atoms with Gasteiger partial charge in [-0.2, -0.15) is 0 Å². The second kappa shape index (κ2) is 8.74. The molecule has 1 aromatic carbocycles. The maximum atomic E-state index is 13.4. The van der Waals surface area contributed by atoms with Crippen LogP contribution in [0.15, 0.2) is 29.1 Å². The van der Waals surface area contributed by atoms with Crippen LogP contribution in [0.1, 0.15) is 67.0 Å². The second-order valence-corrected chi connectivity index (χ2v) is 10.2. The normalized spacial score (nSPS) is 16.5. The maximum Gasteiger partial charge on any atom is 0.356 e. The predicted molar refractivity (Wildman–Crippen MR) is 135 cm³/mol. The van der Waals surface area contributed by atoms with Gasteiger partial charge < -0.3 is 15.3 Å². The Hall–Kier alpha value is -3.42. The molecule has 8 nitrogen and oxygen atoms in total. The Morgan fingerprint density at radius 1 is 1.15 bits per heavy atom. The van der Waals surface area contributed by atoms with Crippen molar-refractivity contribution < 1.29 is 9.90 Å². The monoisotopic (exact) mass is 463 g/mol. The third-order valence-electron chi connectivity index (χ3n) is 6.81. The van der Waals surface area contributed by atoms with Gasteiger partial charge >= 0.3 is 5.97 Å². The van der Waals surface area contributed by atoms with Crippen LogP contribution in [0.2, 0.25) is 0 Å². The summed E-state index contributed by atoms with van der Waals surface area (Å²) < 4.78 is 1.65. The number of carboxylic acid groups (broad SMARTS) is 1. The largest absolute Gasteiger partial charge is 0.476 e. The van der Waals surface area contributed by atoms with E-state index in [1.165, 1.54) is 0 Å². The molecule has 3 aromatic rings. The van der Waals surface area contributed by atoms with Crippen molar-refractivity contribution in [1.29, 1.82) is 0 Å². The minimum absolute atomic E-state index is 0.0238. The molecule has 1 atom stereocenters. The van der Waals surface area contributed by atoms with Crippen molar-refractivity contribution in [2.75, 3.05) is 23.3 Å². The predicted octanol–water partition coefficient (Wildman–Crippen LogP) is 4.44. The van der Waals surface area contributed by atoms with Crippen molar-refractivity contribution in [3.63, 3.8) is 0 Å². The summed E-state index contributed by atoms with van der Waals surface area (Å²) in [6, 6.07) is 7.10. The lowest BCUT2D eigenvalue weighted by atomic mass is 9.83. The van der Waals surface area contributed by atoms with E-state index in [1.807, 2.05) is 26.0 Å². The first-order chi connectivity index (χ1) is 16.0. The van der Waals surface area contributed by atoms with Crippen LogP contribution in [0.5, 0.6) is 0 Å². The molecule has 4 rings (SSSR count). The topological polar surface area (TPSA) is 100 Å². The Balaban J connectivity index is 1.79. The SMILES string of the molecule is Cc1cc(C(C)Nc2ccc(C)nc2C(=O)O)c2nc(N3CCC(C)(C)CC3)n(C)c(=O)c2c1. The number of nitrogens with one attached hydrogen (secondary N) is 1. The molecule has 8 heteroatoms. The van der Waals surface area contributed by atoms with Crippen molar-refractivity contribution in [3.05, 3.63) is 57.1 Å². The minimum Gasteiger partial charge on any atom is -0.476 e. The molecule has 2 aromatic heterocycles. The van der Waals surface area contributed by atoms with Gasteiger partial charge in [0, 0.05) is 31.4 Å². The average Bonchev–Trinajstić information content (AvgIpc) is 2.77. The van der Waals surface area contributed by atoms with Crippen LogP contribution in [-0.4, -0.2) is 38.7 Å². The number of piperidine rings is 1. The van der Waals surface area contributed by atoms with Crippen molar-refractivity contribution in [2.24, 2.45) is 12.5 Å². The molecular formula is C26H33N5O3. The molecule has 2 N–H and O–H groups in total. The summed E-state index contributed by atoms with van der Waals surface area (Å²) in [6.07, 6.45) is 2.08. The fraction of sp³-hybridized carbons (Fsp3) is 0.462. The van der Waals surface area contributed by atoms with E-state index in [4.69, 9.17) is 4.98 Å². The lowest BCUT2D eigenvalue weighted by molar-refractivity contribution is 0.0691. The van der Waals surface area contributed by atoms with Crippen LogP contribution in [0.3, 0.4) is 0 Å². The first-order valence-electron chi connectivity index (χ1n) is 11.7. The summed E-state index contributed by atoms with van der Waals surface area (Å²) in [6.45, 7) is 11.9. The Kier molecular flexibility index (Phi) is 6.10. The van der Waals surface area contributed by atoms with Crippen LogP contribution >= 0.6 is 0 Å². The number of pyridine rings is 1. The minimum atomic E-state index is -1.09. The maximum absolute atomic E-state index is 13.4. The van der Waals surface area contributed by atoms with Crippen molar-refractivity contribution in [2.45, 2.75) is 53.5 Å². The van der Waals surface area contributed by atoms with Crippen LogP contribution < -0.4 is 15.8 Å². The molecule has 3 heterocycles. The standard InChI is InChI=1S/C26H33N5O3/c1-15-13-18(17(3)28-20-8-7-16(2)27-22(20)24(33)34)21-19(14-15)23(32)30(6)25(29-21)31-11-9-26(4,5)10-12-31/h7-8,13-14,17,28H,9-12H2,1-6H3,(H,33,34). The number of aryl methyl sites for hydroxylation is 2. The van der Waals surface area contributed by atoms with Gasteiger partial charge in [0.15, 0.2) is 5.69 Å². The number of hydrogen-bond acceptors (Lipinski definition) is 6. The highest BCUT2D eigenvalue weighted by Gasteiger charge is 2.28. The number of rotatable bonds is 5. The molecule has 0 bridgehead atoms. The molecule has 34 heavy (non-hydrogen) atoms. The first-order valence-corrected chi connectivity index (χ1v) is 11.7. The van der Waals surface area contributed by atoms with E-state index in [1.54, 1.807) is 30.7 Å². The number of carbonyl (C=O) groups is 1. The van der Waals surface area contributed by atoms with Gasteiger partial charge in [-0.05, 0) is 62.8 Å². The van der Waals surface area contributed by atoms with E-state index in [-0.39, 0.29) is 22.7 Å². The van der Waals surface area contributed by atoms with E-state index < -0.39 is 5.97 Å². The number of aromatic carboxylic acids is 1. The first kappa shape index (κ1) is 23.7. The lowest BCUT2D eigenvalue weighted by Crippen LogP contribution is -2.40. The molecule has 1 saturated heterocycles. The molecule has 1 aliphatic heterocycles. The number of carboxylic acids is 1. The molecular weight excluding hydrogens is 430 g/mol. The van der Waals surface area contributed by atoms with Crippen molar-refractivity contribution in [1.82, 2.24) is 14.5 Å². The fourth-order valence-electron chi connectivity index (χ4n) is 4.61. The van der Waals surface area contributed by atoms with Gasteiger partial charge in [0.1, 0.15) is 0 Å². The number of aromatic nitrogens is 3. The van der Waals surface area contributed by atoms with Gasteiger partial charge in [0.2, 0.25) is 5.95 Å². The van der Waals surface area contributed by atoms with Crippen molar-refractivity contribution >= 4 is 28.5 Å². The molecule has 0 amide bonds. The third-order valence-corrected chi connectivity index (χ3v) is 6.81. The molecule has 1 unspecified atom stereocenters. The summed E-state index contributed by atoms with van der Waals surface area (Å²) in [5.74, 6) is -0.414. The average molecular weight is 464 g/mol. The van der Waals surface area contributed by atoms with Crippen LogP contribution in [0.25, 0.3) is 10.9 Å². The molecule has 0 aliphatic carbocycles. The zero-order chi connectivity index (χ0) is 24.8. The summed E-state index contributed by atoms with van der Waals surface area (Å²) in [5.41, 5.74) is 3.70. The highest BCUT2D eigenvalue weighted by molar-refractivity contribution is 5.92. The molecule has 180 valence electrons. The van der Waals surface area contributed by atoms with Gasteiger partial charge in [0.25, 0.3) is 5.56 Å². The lowest BCUT2D eigenvalue weighted by Gasteiger charge is -2.38. The smallest absolute Gasteiger partial charge is 0.356 e. The molecule has 1 fully saturated rings. The van der Waals surface area contributed by atoms with Crippen LogP contribution in [0, 0.1) is 19.3 Å². The summed E-state index contributed by atoms with van der Waals surface area (Å²) in [7, 11) is 1.78. The van der Waals surface area contributed by atoms with Gasteiger partial charge in [0.05, 0.1) is 22.6 Å².